The van der Waals surface area contributed by atoms with E-state index >= 15 is 0 Å². The van der Waals surface area contributed by atoms with Crippen molar-refractivity contribution < 1.29 is 35.8 Å². The number of nitrogens with two attached hydrogens (primary N) is 1. The highest BCUT2D eigenvalue weighted by Crippen LogP contribution is 2.35. The Morgan fingerprint density at radius 1 is 1.15 bits per heavy atom. The molecule has 0 radical (unpaired) electrons. The Morgan fingerprint density at radius 2 is 1.75 bits per heavy atom. The lowest BCUT2D eigenvalue weighted by molar-refractivity contribution is -0.274. The highest BCUT2D eigenvalue weighted by Gasteiger charge is 2.33. The summed E-state index contributed by atoms with van der Waals surface area (Å²) in [5.74, 6) is -0.805. The summed E-state index contributed by atoms with van der Waals surface area (Å²) in [5.41, 5.74) is 5.32. The van der Waals surface area contributed by atoms with Gasteiger partial charge in [-0.1, -0.05) is 6.07 Å². The number of halogens is 6. The van der Waals surface area contributed by atoms with Crippen molar-refractivity contribution >= 4 is 0 Å². The SMILES string of the molecule is COc1cc(OC(F)(F)F)ccc1[C@H](N)CC(F)(F)F. The summed E-state index contributed by atoms with van der Waals surface area (Å²) in [4.78, 5) is 0. The molecule has 1 aromatic carbocycles. The van der Waals surface area contributed by atoms with E-state index in [0.29, 0.717) is 0 Å². The van der Waals surface area contributed by atoms with E-state index in [9.17, 15) is 26.3 Å². The van der Waals surface area contributed by atoms with E-state index in [1.807, 2.05) is 0 Å². The largest absolute Gasteiger partial charge is 0.573 e. The van der Waals surface area contributed by atoms with Gasteiger partial charge in [0.05, 0.1) is 13.5 Å². The summed E-state index contributed by atoms with van der Waals surface area (Å²) in [6.45, 7) is 0. The monoisotopic (exact) mass is 303 g/mol. The van der Waals surface area contributed by atoms with Crippen LogP contribution in [-0.2, 0) is 0 Å². The van der Waals surface area contributed by atoms with Crippen LogP contribution < -0.4 is 15.2 Å². The summed E-state index contributed by atoms with van der Waals surface area (Å²) >= 11 is 0. The Labute approximate surface area is 110 Å². The lowest BCUT2D eigenvalue weighted by Gasteiger charge is -2.18. The van der Waals surface area contributed by atoms with Crippen LogP contribution >= 0.6 is 0 Å². The van der Waals surface area contributed by atoms with Gasteiger partial charge in [0.1, 0.15) is 11.5 Å². The standard InChI is InChI=1S/C11H11F6NO2/c1-19-9-4-6(20-11(15,16)17)2-3-7(9)8(18)5-10(12,13)14/h2-4,8H,5,18H2,1H3/t8-/m1/s1. The molecule has 0 aliphatic heterocycles. The van der Waals surface area contributed by atoms with Crippen LogP contribution in [0.1, 0.15) is 18.0 Å². The molecule has 0 unspecified atom stereocenters. The molecular formula is C11H11F6NO2. The second-order valence-corrected chi connectivity index (χ2v) is 3.88. The molecule has 0 heterocycles. The van der Waals surface area contributed by atoms with Crippen molar-refractivity contribution in [2.24, 2.45) is 5.73 Å². The van der Waals surface area contributed by atoms with Crippen molar-refractivity contribution in [3.05, 3.63) is 23.8 Å². The van der Waals surface area contributed by atoms with Gasteiger partial charge < -0.3 is 15.2 Å². The molecule has 2 N–H and O–H groups in total. The molecule has 1 aromatic rings. The minimum atomic E-state index is -4.90. The number of ether oxygens (including phenoxy) is 2. The number of hydrogen-bond donors (Lipinski definition) is 1. The number of methoxy groups -OCH3 is 1. The highest BCUT2D eigenvalue weighted by molar-refractivity contribution is 5.42. The van der Waals surface area contributed by atoms with Crippen molar-refractivity contribution in [2.45, 2.75) is 25.0 Å². The van der Waals surface area contributed by atoms with Crippen LogP contribution in [0.25, 0.3) is 0 Å². The second kappa shape index (κ2) is 5.78. The number of benzene rings is 1. The third kappa shape index (κ3) is 5.16. The molecule has 3 nitrogen and oxygen atoms in total. The first-order chi connectivity index (χ1) is 9.02. The minimum Gasteiger partial charge on any atom is -0.496 e. The predicted octanol–water partition coefficient (Wildman–Crippen LogP) is 3.55. The summed E-state index contributed by atoms with van der Waals surface area (Å²) in [7, 11) is 1.11. The molecule has 114 valence electrons. The second-order valence-electron chi connectivity index (χ2n) is 3.88. The van der Waals surface area contributed by atoms with E-state index in [0.717, 1.165) is 25.3 Å². The maximum atomic E-state index is 12.2. The maximum Gasteiger partial charge on any atom is 0.573 e. The predicted molar refractivity (Wildman–Crippen MR) is 57.3 cm³/mol. The first kappa shape index (κ1) is 16.4. The van der Waals surface area contributed by atoms with Crippen LogP contribution in [0.4, 0.5) is 26.3 Å². The van der Waals surface area contributed by atoms with Crippen LogP contribution in [0, 0.1) is 0 Å². The lowest BCUT2D eigenvalue weighted by atomic mass is 10.0. The van der Waals surface area contributed by atoms with Crippen molar-refractivity contribution in [2.75, 3.05) is 7.11 Å². The molecule has 0 fully saturated rings. The molecule has 20 heavy (non-hydrogen) atoms. The zero-order valence-electron chi connectivity index (χ0n) is 10.2. The molecule has 0 saturated carbocycles. The molecule has 1 atom stereocenters. The molecule has 0 saturated heterocycles. The molecule has 0 aromatic heterocycles. The van der Waals surface area contributed by atoms with Gasteiger partial charge in [-0.25, -0.2) is 0 Å². The van der Waals surface area contributed by atoms with Gasteiger partial charge in [0.2, 0.25) is 0 Å². The van der Waals surface area contributed by atoms with Crippen molar-refractivity contribution in [1.29, 1.82) is 0 Å². The fourth-order valence-electron chi connectivity index (χ4n) is 1.55. The van der Waals surface area contributed by atoms with Crippen LogP contribution in [0.3, 0.4) is 0 Å². The van der Waals surface area contributed by atoms with Gasteiger partial charge in [0.25, 0.3) is 0 Å². The van der Waals surface area contributed by atoms with E-state index in [4.69, 9.17) is 10.5 Å². The van der Waals surface area contributed by atoms with E-state index in [-0.39, 0.29) is 11.3 Å². The number of alkyl halides is 6. The molecule has 0 bridgehead atoms. The fourth-order valence-corrected chi connectivity index (χ4v) is 1.55. The zero-order valence-corrected chi connectivity index (χ0v) is 10.2. The quantitative estimate of drug-likeness (QED) is 0.865. The summed E-state index contributed by atoms with van der Waals surface area (Å²) < 4.78 is 81.1. The summed E-state index contributed by atoms with van der Waals surface area (Å²) in [6.07, 6.45) is -10.7. The molecule has 1 rings (SSSR count). The Morgan fingerprint density at radius 3 is 2.20 bits per heavy atom. The minimum absolute atomic E-state index is 0.0562. The number of rotatable bonds is 4. The molecule has 0 spiro atoms. The topological polar surface area (TPSA) is 44.5 Å². The first-order valence-corrected chi connectivity index (χ1v) is 5.28. The van der Waals surface area contributed by atoms with Gasteiger partial charge in [0.15, 0.2) is 0 Å². The highest BCUT2D eigenvalue weighted by atomic mass is 19.4. The van der Waals surface area contributed by atoms with Crippen molar-refractivity contribution in [3.63, 3.8) is 0 Å². The Balaban J connectivity index is 2.99. The third-order valence-corrected chi connectivity index (χ3v) is 2.29. The first-order valence-electron chi connectivity index (χ1n) is 5.28. The summed E-state index contributed by atoms with van der Waals surface area (Å²) in [5, 5.41) is 0. The lowest BCUT2D eigenvalue weighted by Crippen LogP contribution is -2.21. The van der Waals surface area contributed by atoms with Gasteiger partial charge in [0, 0.05) is 17.7 Å². The molecular weight excluding hydrogens is 292 g/mol. The van der Waals surface area contributed by atoms with Crippen molar-refractivity contribution in [1.82, 2.24) is 0 Å². The van der Waals surface area contributed by atoms with Crippen LogP contribution in [-0.4, -0.2) is 19.6 Å². The van der Waals surface area contributed by atoms with Gasteiger partial charge in [-0.05, 0) is 6.07 Å². The van der Waals surface area contributed by atoms with Crippen LogP contribution in [0.5, 0.6) is 11.5 Å². The van der Waals surface area contributed by atoms with Gasteiger partial charge in [-0.2, -0.15) is 13.2 Å². The van der Waals surface area contributed by atoms with E-state index in [2.05, 4.69) is 4.74 Å². The number of hydrogen-bond acceptors (Lipinski definition) is 3. The van der Waals surface area contributed by atoms with E-state index in [1.165, 1.54) is 0 Å². The summed E-state index contributed by atoms with van der Waals surface area (Å²) in [6, 6.07) is 1.28. The Bertz CT molecular complexity index is 457. The molecule has 0 aliphatic carbocycles. The molecule has 0 aliphatic rings. The fraction of sp³-hybridized carbons (Fsp3) is 0.455. The third-order valence-electron chi connectivity index (χ3n) is 2.29. The van der Waals surface area contributed by atoms with Gasteiger partial charge in [-0.3, -0.25) is 0 Å². The van der Waals surface area contributed by atoms with Gasteiger partial charge in [-0.15, -0.1) is 13.2 Å². The smallest absolute Gasteiger partial charge is 0.496 e. The normalized spacial score (nSPS) is 14.0. The van der Waals surface area contributed by atoms with Crippen LogP contribution in [0.2, 0.25) is 0 Å². The zero-order chi connectivity index (χ0) is 15.6. The Kier molecular flexibility index (Phi) is 4.74. The average Bonchev–Trinajstić information content (AvgIpc) is 2.24. The van der Waals surface area contributed by atoms with E-state index in [1.54, 1.807) is 0 Å². The molecule has 0 amide bonds. The van der Waals surface area contributed by atoms with Crippen molar-refractivity contribution in [3.8, 4) is 11.5 Å². The average molecular weight is 303 g/mol. The molecule has 9 heteroatoms. The van der Waals surface area contributed by atoms with Crippen LogP contribution in [0.15, 0.2) is 18.2 Å². The van der Waals surface area contributed by atoms with E-state index < -0.39 is 30.8 Å². The maximum absolute atomic E-state index is 12.2. The van der Waals surface area contributed by atoms with Gasteiger partial charge >= 0.3 is 12.5 Å². The Hall–Kier alpha value is -1.64.